The van der Waals surface area contributed by atoms with Crippen molar-refractivity contribution in [1.29, 1.82) is 0 Å². The van der Waals surface area contributed by atoms with Crippen molar-refractivity contribution in [2.45, 2.75) is 39.2 Å². The quantitative estimate of drug-likeness (QED) is 0.767. The van der Waals surface area contributed by atoms with Crippen LogP contribution in [0.5, 0.6) is 0 Å². The average Bonchev–Trinajstić information content (AvgIpc) is 2.98. The third kappa shape index (κ3) is 4.21. The molecule has 2 aromatic rings. The van der Waals surface area contributed by atoms with Gasteiger partial charge in [0.2, 0.25) is 0 Å². The highest BCUT2D eigenvalue weighted by atomic mass is 16.3. The Kier molecular flexibility index (Phi) is 5.39. The Balaban J connectivity index is 1.83. The molecule has 0 aliphatic heterocycles. The summed E-state index contributed by atoms with van der Waals surface area (Å²) in [6, 6.07) is 10.2. The van der Waals surface area contributed by atoms with Crippen molar-refractivity contribution in [1.82, 2.24) is 10.3 Å². The Labute approximate surface area is 131 Å². The van der Waals surface area contributed by atoms with E-state index in [1.54, 1.807) is 19.2 Å². The fourth-order valence-electron chi connectivity index (χ4n) is 2.27. The third-order valence-corrected chi connectivity index (χ3v) is 3.78. The second kappa shape index (κ2) is 7.27. The molecule has 2 rings (SSSR count). The van der Waals surface area contributed by atoms with Crippen LogP contribution in [-0.2, 0) is 6.42 Å². The van der Waals surface area contributed by atoms with E-state index in [0.717, 1.165) is 12.0 Å². The molecule has 0 spiro atoms. The molecular formula is C18H24N2O2. The van der Waals surface area contributed by atoms with Gasteiger partial charge in [-0.2, -0.15) is 0 Å². The number of aromatic nitrogens is 1. The summed E-state index contributed by atoms with van der Waals surface area (Å²) in [5.74, 6) is 0.385. The van der Waals surface area contributed by atoms with Crippen LogP contribution in [0.3, 0.4) is 0 Å². The lowest BCUT2D eigenvalue weighted by atomic mass is 10.0. The number of benzene rings is 1. The fraction of sp³-hybridized carbons (Fsp3) is 0.389. The summed E-state index contributed by atoms with van der Waals surface area (Å²) in [6.45, 7) is 6.61. The molecule has 4 heteroatoms. The highest BCUT2D eigenvalue weighted by Gasteiger charge is 2.10. The highest BCUT2D eigenvalue weighted by Crippen LogP contribution is 2.15. The van der Waals surface area contributed by atoms with Gasteiger partial charge in [0.25, 0.3) is 5.91 Å². The number of nitrogens with one attached hydrogen (secondary N) is 2. The SMILES string of the molecule is CC(C)c1ccc(CCNC(=O)c2cc([C@@H](C)O)c[nH]2)cc1. The number of aromatic amines is 1. The van der Waals surface area contributed by atoms with Crippen LogP contribution in [0.4, 0.5) is 0 Å². The Morgan fingerprint density at radius 3 is 2.41 bits per heavy atom. The molecule has 1 heterocycles. The van der Waals surface area contributed by atoms with E-state index in [4.69, 9.17) is 0 Å². The van der Waals surface area contributed by atoms with Gasteiger partial charge < -0.3 is 15.4 Å². The Bertz CT molecular complexity index is 612. The number of H-pyrrole nitrogens is 1. The maximum Gasteiger partial charge on any atom is 0.267 e. The van der Waals surface area contributed by atoms with Gasteiger partial charge in [0, 0.05) is 12.7 Å². The lowest BCUT2D eigenvalue weighted by Gasteiger charge is -2.07. The van der Waals surface area contributed by atoms with Gasteiger partial charge in [0.1, 0.15) is 5.69 Å². The van der Waals surface area contributed by atoms with Crippen LogP contribution in [0.25, 0.3) is 0 Å². The van der Waals surface area contributed by atoms with Crippen molar-refractivity contribution >= 4 is 5.91 Å². The standard InChI is InChI=1S/C18H24N2O2/c1-12(2)15-6-4-14(5-7-15)8-9-19-18(22)17-10-16(11-20-17)13(3)21/h4-7,10-13,20-21H,8-9H2,1-3H3,(H,19,22)/t13-/m1/s1. The van der Waals surface area contributed by atoms with Crippen molar-refractivity contribution in [2.75, 3.05) is 6.54 Å². The summed E-state index contributed by atoms with van der Waals surface area (Å²) in [5.41, 5.74) is 3.73. The van der Waals surface area contributed by atoms with Crippen molar-refractivity contribution in [3.8, 4) is 0 Å². The molecular weight excluding hydrogens is 276 g/mol. The molecule has 0 saturated heterocycles. The van der Waals surface area contributed by atoms with E-state index < -0.39 is 6.10 Å². The first-order chi connectivity index (χ1) is 10.5. The topological polar surface area (TPSA) is 65.1 Å². The molecule has 0 fully saturated rings. The first-order valence-electron chi connectivity index (χ1n) is 7.70. The van der Waals surface area contributed by atoms with Crippen LogP contribution in [0, 0.1) is 0 Å². The minimum absolute atomic E-state index is 0.147. The van der Waals surface area contributed by atoms with Crippen LogP contribution >= 0.6 is 0 Å². The minimum Gasteiger partial charge on any atom is -0.389 e. The zero-order chi connectivity index (χ0) is 16.1. The molecule has 1 aromatic heterocycles. The maximum absolute atomic E-state index is 12.0. The van der Waals surface area contributed by atoms with E-state index in [1.807, 2.05) is 0 Å². The normalized spacial score (nSPS) is 12.4. The van der Waals surface area contributed by atoms with Crippen molar-refractivity contribution in [3.63, 3.8) is 0 Å². The lowest BCUT2D eigenvalue weighted by molar-refractivity contribution is 0.0949. The van der Waals surface area contributed by atoms with Crippen LogP contribution < -0.4 is 5.32 Å². The molecule has 0 aliphatic rings. The molecule has 1 amide bonds. The summed E-state index contributed by atoms with van der Waals surface area (Å²) in [4.78, 5) is 14.9. The van der Waals surface area contributed by atoms with Crippen LogP contribution in [-0.4, -0.2) is 22.5 Å². The lowest BCUT2D eigenvalue weighted by Crippen LogP contribution is -2.25. The molecule has 3 N–H and O–H groups in total. The van der Waals surface area contributed by atoms with Crippen molar-refractivity contribution < 1.29 is 9.90 Å². The molecule has 0 radical (unpaired) electrons. The molecule has 0 saturated carbocycles. The number of amides is 1. The molecule has 0 bridgehead atoms. The third-order valence-electron chi connectivity index (χ3n) is 3.78. The predicted octanol–water partition coefficient (Wildman–Crippen LogP) is 3.16. The summed E-state index contributed by atoms with van der Waals surface area (Å²) in [5, 5.41) is 12.3. The molecule has 4 nitrogen and oxygen atoms in total. The summed E-state index contributed by atoms with van der Waals surface area (Å²) in [7, 11) is 0. The number of carbonyl (C=O) groups is 1. The average molecular weight is 300 g/mol. The smallest absolute Gasteiger partial charge is 0.267 e. The Morgan fingerprint density at radius 1 is 1.18 bits per heavy atom. The van der Waals surface area contributed by atoms with Gasteiger partial charge in [-0.05, 0) is 42.0 Å². The van der Waals surface area contributed by atoms with E-state index in [2.05, 4.69) is 48.4 Å². The number of aliphatic hydroxyl groups excluding tert-OH is 1. The maximum atomic E-state index is 12.0. The zero-order valence-electron chi connectivity index (χ0n) is 13.4. The van der Waals surface area contributed by atoms with E-state index in [-0.39, 0.29) is 5.91 Å². The van der Waals surface area contributed by atoms with E-state index in [0.29, 0.717) is 18.2 Å². The van der Waals surface area contributed by atoms with E-state index >= 15 is 0 Å². The van der Waals surface area contributed by atoms with Gasteiger partial charge in [0.05, 0.1) is 6.10 Å². The summed E-state index contributed by atoms with van der Waals surface area (Å²) < 4.78 is 0. The summed E-state index contributed by atoms with van der Waals surface area (Å²) >= 11 is 0. The first kappa shape index (κ1) is 16.3. The molecule has 118 valence electrons. The van der Waals surface area contributed by atoms with Crippen molar-refractivity contribution in [2.24, 2.45) is 0 Å². The second-order valence-corrected chi connectivity index (χ2v) is 5.92. The molecule has 1 aromatic carbocycles. The van der Waals surface area contributed by atoms with E-state index in [1.165, 1.54) is 11.1 Å². The number of aliphatic hydroxyl groups is 1. The van der Waals surface area contributed by atoms with Gasteiger partial charge in [-0.3, -0.25) is 4.79 Å². The van der Waals surface area contributed by atoms with Gasteiger partial charge in [-0.15, -0.1) is 0 Å². The second-order valence-electron chi connectivity index (χ2n) is 5.92. The van der Waals surface area contributed by atoms with E-state index in [9.17, 15) is 9.90 Å². The summed E-state index contributed by atoms with van der Waals surface area (Å²) in [6.07, 6.45) is 1.88. The number of rotatable bonds is 6. The zero-order valence-corrected chi connectivity index (χ0v) is 13.4. The van der Waals surface area contributed by atoms with Crippen LogP contribution in [0.15, 0.2) is 36.5 Å². The van der Waals surface area contributed by atoms with Gasteiger partial charge in [0.15, 0.2) is 0 Å². The number of hydrogen-bond donors (Lipinski definition) is 3. The van der Waals surface area contributed by atoms with Crippen LogP contribution in [0.1, 0.15) is 60.0 Å². The highest BCUT2D eigenvalue weighted by molar-refractivity contribution is 5.92. The van der Waals surface area contributed by atoms with Gasteiger partial charge in [-0.1, -0.05) is 38.1 Å². The molecule has 0 aliphatic carbocycles. The monoisotopic (exact) mass is 300 g/mol. The Hall–Kier alpha value is -2.07. The molecule has 0 unspecified atom stereocenters. The van der Waals surface area contributed by atoms with Crippen molar-refractivity contribution in [3.05, 3.63) is 58.9 Å². The fourth-order valence-corrected chi connectivity index (χ4v) is 2.27. The minimum atomic E-state index is -0.572. The van der Waals surface area contributed by atoms with Gasteiger partial charge >= 0.3 is 0 Å². The first-order valence-corrected chi connectivity index (χ1v) is 7.70. The predicted molar refractivity (Wildman–Crippen MR) is 88.0 cm³/mol. The van der Waals surface area contributed by atoms with Gasteiger partial charge in [-0.25, -0.2) is 0 Å². The largest absolute Gasteiger partial charge is 0.389 e. The Morgan fingerprint density at radius 2 is 1.86 bits per heavy atom. The van der Waals surface area contributed by atoms with Crippen LogP contribution in [0.2, 0.25) is 0 Å². The number of carbonyl (C=O) groups excluding carboxylic acids is 1. The molecule has 22 heavy (non-hydrogen) atoms. The molecule has 1 atom stereocenters. The number of hydrogen-bond acceptors (Lipinski definition) is 2.